The first-order chi connectivity index (χ1) is 40.0. The van der Waals surface area contributed by atoms with E-state index in [0.29, 0.717) is 19.3 Å². The molecule has 0 aliphatic rings. The Labute approximate surface area is 506 Å². The Kier molecular flexibility index (Phi) is 68.5. The van der Waals surface area contributed by atoms with E-state index >= 15 is 0 Å². The number of unbranched alkanes of at least 4 members (excludes halogenated alkanes) is 54. The maximum absolute atomic E-state index is 13.0. The lowest BCUT2D eigenvalue weighted by atomic mass is 10.0. The van der Waals surface area contributed by atoms with E-state index in [4.69, 9.17) is 14.2 Å². The van der Waals surface area contributed by atoms with Crippen molar-refractivity contribution in [3.63, 3.8) is 0 Å². The van der Waals surface area contributed by atoms with Gasteiger partial charge in [-0.1, -0.05) is 353 Å². The molecule has 0 spiro atoms. The molecular weight excluding hydrogens is 997 g/mol. The van der Waals surface area contributed by atoms with Crippen molar-refractivity contribution in [1.82, 2.24) is 0 Å². The van der Waals surface area contributed by atoms with Crippen molar-refractivity contribution in [2.45, 2.75) is 425 Å². The topological polar surface area (TPSA) is 78.9 Å². The van der Waals surface area contributed by atoms with Gasteiger partial charge >= 0.3 is 17.9 Å². The molecule has 81 heavy (non-hydrogen) atoms. The van der Waals surface area contributed by atoms with Crippen molar-refractivity contribution in [3.8, 4) is 0 Å². The monoisotopic (exact) mass is 1140 g/mol. The number of carbonyl (C=O) groups is 3. The molecule has 0 saturated carbocycles. The Morgan fingerprint density at radius 2 is 0.407 bits per heavy atom. The zero-order valence-corrected chi connectivity index (χ0v) is 55.1. The summed E-state index contributed by atoms with van der Waals surface area (Å²) in [5.41, 5.74) is 0. The van der Waals surface area contributed by atoms with Crippen molar-refractivity contribution in [1.29, 1.82) is 0 Å². The van der Waals surface area contributed by atoms with Gasteiger partial charge in [0.05, 0.1) is 0 Å². The highest BCUT2D eigenvalue weighted by atomic mass is 16.6. The molecule has 1 unspecified atom stereocenters. The van der Waals surface area contributed by atoms with Crippen molar-refractivity contribution in [2.75, 3.05) is 13.2 Å². The van der Waals surface area contributed by atoms with Crippen molar-refractivity contribution in [3.05, 3.63) is 24.3 Å². The summed E-state index contributed by atoms with van der Waals surface area (Å²) in [6.45, 7) is 6.72. The van der Waals surface area contributed by atoms with E-state index in [-0.39, 0.29) is 31.1 Å². The van der Waals surface area contributed by atoms with E-state index in [9.17, 15) is 14.4 Å². The van der Waals surface area contributed by atoms with Gasteiger partial charge in [-0.05, 0) is 70.6 Å². The largest absolute Gasteiger partial charge is 0.462 e. The predicted octanol–water partition coefficient (Wildman–Crippen LogP) is 25.3. The number of rotatable bonds is 69. The van der Waals surface area contributed by atoms with Crippen LogP contribution in [0.3, 0.4) is 0 Å². The van der Waals surface area contributed by atoms with Crippen molar-refractivity contribution >= 4 is 17.9 Å². The van der Waals surface area contributed by atoms with E-state index in [1.807, 2.05) is 0 Å². The normalized spacial score (nSPS) is 12.1. The van der Waals surface area contributed by atoms with Gasteiger partial charge in [-0.25, -0.2) is 0 Å². The second kappa shape index (κ2) is 70.4. The van der Waals surface area contributed by atoms with Crippen LogP contribution in [0.1, 0.15) is 419 Å². The number of esters is 3. The molecule has 0 aliphatic heterocycles. The second-order valence-electron chi connectivity index (χ2n) is 25.2. The summed E-state index contributed by atoms with van der Waals surface area (Å²) in [5, 5.41) is 0. The summed E-state index contributed by atoms with van der Waals surface area (Å²) in [4.78, 5) is 38.5. The van der Waals surface area contributed by atoms with Gasteiger partial charge in [-0.2, -0.15) is 0 Å². The Bertz CT molecular complexity index is 1310. The lowest BCUT2D eigenvalue weighted by Gasteiger charge is -2.18. The van der Waals surface area contributed by atoms with Crippen LogP contribution >= 0.6 is 0 Å². The van der Waals surface area contributed by atoms with Crippen molar-refractivity contribution < 1.29 is 28.6 Å². The molecule has 0 aliphatic carbocycles. The Morgan fingerprint density at radius 3 is 0.617 bits per heavy atom. The minimum atomic E-state index is -0.772. The molecule has 0 N–H and O–H groups in total. The van der Waals surface area contributed by atoms with Gasteiger partial charge in [0, 0.05) is 19.3 Å². The van der Waals surface area contributed by atoms with Crippen molar-refractivity contribution in [2.24, 2.45) is 0 Å². The average Bonchev–Trinajstić information content (AvgIpc) is 3.47. The molecule has 6 heteroatoms. The zero-order chi connectivity index (χ0) is 58.5. The quantitative estimate of drug-likeness (QED) is 0.0261. The molecule has 0 amide bonds. The van der Waals surface area contributed by atoms with Gasteiger partial charge in [0.2, 0.25) is 0 Å². The van der Waals surface area contributed by atoms with Gasteiger partial charge in [0.25, 0.3) is 0 Å². The number of hydrogen-bond acceptors (Lipinski definition) is 6. The third-order valence-electron chi connectivity index (χ3n) is 16.9. The van der Waals surface area contributed by atoms with Crippen LogP contribution < -0.4 is 0 Å². The van der Waals surface area contributed by atoms with Gasteiger partial charge in [-0.3, -0.25) is 14.4 Å². The summed E-state index contributed by atoms with van der Waals surface area (Å²) in [5.74, 6) is -0.841. The van der Waals surface area contributed by atoms with Crippen LogP contribution in [-0.2, 0) is 28.6 Å². The first-order valence-corrected chi connectivity index (χ1v) is 36.8. The summed E-state index contributed by atoms with van der Waals surface area (Å²) in [6, 6.07) is 0. The van der Waals surface area contributed by atoms with Crippen LogP contribution in [0.15, 0.2) is 24.3 Å². The second-order valence-corrected chi connectivity index (χ2v) is 25.2. The van der Waals surface area contributed by atoms with Crippen LogP contribution in [0.25, 0.3) is 0 Å². The summed E-state index contributed by atoms with van der Waals surface area (Å²) >= 11 is 0. The lowest BCUT2D eigenvalue weighted by molar-refractivity contribution is -0.167. The Morgan fingerprint density at radius 1 is 0.235 bits per heavy atom. The van der Waals surface area contributed by atoms with Crippen LogP contribution in [0, 0.1) is 0 Å². The number of allylic oxidation sites excluding steroid dienone is 4. The average molecular weight is 1140 g/mol. The fourth-order valence-corrected chi connectivity index (χ4v) is 11.4. The van der Waals surface area contributed by atoms with Crippen LogP contribution in [0.2, 0.25) is 0 Å². The highest BCUT2D eigenvalue weighted by Crippen LogP contribution is 2.19. The molecule has 0 saturated heterocycles. The molecule has 0 bridgehead atoms. The molecule has 0 radical (unpaired) electrons. The number of hydrogen-bond donors (Lipinski definition) is 0. The fraction of sp³-hybridized carbons (Fsp3) is 0.907. The number of carbonyl (C=O) groups excluding carboxylic acids is 3. The van der Waals surface area contributed by atoms with Crippen LogP contribution in [0.5, 0.6) is 0 Å². The van der Waals surface area contributed by atoms with E-state index in [1.54, 1.807) is 0 Å². The number of ether oxygens (including phenoxy) is 3. The Hall–Kier alpha value is -2.11. The van der Waals surface area contributed by atoms with Gasteiger partial charge < -0.3 is 14.2 Å². The van der Waals surface area contributed by atoms with Gasteiger partial charge in [-0.15, -0.1) is 0 Å². The van der Waals surface area contributed by atoms with E-state index in [1.165, 1.54) is 315 Å². The maximum atomic E-state index is 13.0. The van der Waals surface area contributed by atoms with E-state index < -0.39 is 6.10 Å². The zero-order valence-electron chi connectivity index (χ0n) is 55.1. The smallest absolute Gasteiger partial charge is 0.306 e. The summed E-state index contributed by atoms with van der Waals surface area (Å²) in [7, 11) is 0. The van der Waals surface area contributed by atoms with E-state index in [0.717, 1.165) is 64.2 Å². The molecule has 0 aromatic rings. The standard InChI is InChI=1S/C75H142O6/c1-4-7-10-13-16-19-22-25-28-31-33-35-36-37-38-39-40-41-43-44-47-50-53-56-59-62-65-68-74(77)80-71-72(70-79-73(76)67-64-61-58-55-52-49-46-30-27-24-21-18-15-12-9-6-3)81-75(78)69-66-63-60-57-54-51-48-45-42-34-32-29-26-23-20-17-14-11-8-5-2/h30-31,33,46,72H,4-29,32,34-45,47-71H2,1-3H3/b33-31-,46-30-. The molecule has 0 rings (SSSR count). The minimum Gasteiger partial charge on any atom is -0.462 e. The summed E-state index contributed by atoms with van der Waals surface area (Å²) < 4.78 is 17.0. The molecule has 6 nitrogen and oxygen atoms in total. The predicted molar refractivity (Wildman–Crippen MR) is 353 cm³/mol. The van der Waals surface area contributed by atoms with E-state index in [2.05, 4.69) is 45.1 Å². The minimum absolute atomic E-state index is 0.0675. The molecule has 0 fully saturated rings. The molecule has 0 aromatic heterocycles. The molecule has 478 valence electrons. The first-order valence-electron chi connectivity index (χ1n) is 36.8. The third kappa shape index (κ3) is 68.6. The lowest BCUT2D eigenvalue weighted by Crippen LogP contribution is -2.30. The van der Waals surface area contributed by atoms with Crippen LogP contribution in [0.4, 0.5) is 0 Å². The SMILES string of the molecule is CCCCCCCCC/C=C\CCCCCCCC(=O)OCC(COC(=O)CCCCCCCCCCCCCCCCC/C=C\CCCCCCCCCC)OC(=O)CCCCCCCCCCCCCCCCCCCCCC. The van der Waals surface area contributed by atoms with Gasteiger partial charge in [0.15, 0.2) is 6.10 Å². The summed E-state index contributed by atoms with van der Waals surface area (Å²) in [6.07, 6.45) is 86.4. The van der Waals surface area contributed by atoms with Gasteiger partial charge in [0.1, 0.15) is 13.2 Å². The highest BCUT2D eigenvalue weighted by molar-refractivity contribution is 5.71. The highest BCUT2D eigenvalue weighted by Gasteiger charge is 2.19. The van der Waals surface area contributed by atoms with Crippen LogP contribution in [-0.4, -0.2) is 37.2 Å². The molecule has 0 aromatic carbocycles. The molecule has 0 heterocycles. The first kappa shape index (κ1) is 78.9. The molecule has 1 atom stereocenters. The Balaban J connectivity index is 4.24. The maximum Gasteiger partial charge on any atom is 0.306 e. The fourth-order valence-electron chi connectivity index (χ4n) is 11.4. The molecular formula is C75H142O6. The third-order valence-corrected chi connectivity index (χ3v) is 16.9.